The Hall–Kier alpha value is -0.160. The van der Waals surface area contributed by atoms with Crippen LogP contribution in [0.3, 0.4) is 0 Å². The number of ether oxygens (including phenoxy) is 1. The molecule has 4 heteroatoms. The summed E-state index contributed by atoms with van der Waals surface area (Å²) in [4.78, 5) is 5.19. The highest BCUT2D eigenvalue weighted by Gasteiger charge is 2.29. The van der Waals surface area contributed by atoms with E-state index in [1.54, 1.807) is 0 Å². The largest absolute Gasteiger partial charge is 0.379 e. The lowest BCUT2D eigenvalue weighted by atomic mass is 10.2. The van der Waals surface area contributed by atoms with Crippen LogP contribution in [-0.4, -0.2) is 74.9 Å². The predicted octanol–water partition coefficient (Wildman–Crippen LogP) is 4.25. The summed E-state index contributed by atoms with van der Waals surface area (Å²) in [6.07, 6.45) is 5.08. The van der Waals surface area contributed by atoms with Crippen molar-refractivity contribution in [1.29, 1.82) is 0 Å². The van der Waals surface area contributed by atoms with Gasteiger partial charge in [0.05, 0.1) is 13.2 Å². The zero-order valence-corrected chi connectivity index (χ0v) is 18.7. The maximum atomic E-state index is 5.38. The maximum Gasteiger partial charge on any atom is 0.0594 e. The molecular formula is C21H49N3O. The van der Waals surface area contributed by atoms with Crippen LogP contribution in [0.5, 0.6) is 0 Å². The molecule has 0 spiro atoms. The fourth-order valence-electron chi connectivity index (χ4n) is 2.73. The first-order chi connectivity index (χ1) is 12.0. The lowest BCUT2D eigenvalue weighted by Crippen LogP contribution is -2.45. The van der Waals surface area contributed by atoms with Gasteiger partial charge in [0.15, 0.2) is 0 Å². The molecule has 2 saturated heterocycles. The monoisotopic (exact) mass is 359 g/mol. The van der Waals surface area contributed by atoms with Gasteiger partial charge in [-0.25, -0.2) is 0 Å². The second kappa shape index (κ2) is 20.2. The highest BCUT2D eigenvalue weighted by molar-refractivity contribution is 4.85. The zero-order valence-electron chi connectivity index (χ0n) is 18.7. The molecule has 0 aromatic carbocycles. The normalized spacial score (nSPS) is 20.8. The minimum Gasteiger partial charge on any atom is -0.379 e. The molecule has 2 fully saturated rings. The van der Waals surface area contributed by atoms with Crippen molar-refractivity contribution < 1.29 is 4.74 Å². The summed E-state index contributed by atoms with van der Waals surface area (Å²) in [5.41, 5.74) is 0. The molecule has 1 unspecified atom stereocenters. The Morgan fingerprint density at radius 1 is 0.960 bits per heavy atom. The van der Waals surface area contributed by atoms with E-state index < -0.39 is 0 Å². The molecule has 154 valence electrons. The summed E-state index contributed by atoms with van der Waals surface area (Å²) in [5, 5.41) is 3.02. The molecule has 0 aromatic heterocycles. The first-order valence-corrected chi connectivity index (χ1v) is 10.7. The van der Waals surface area contributed by atoms with Crippen molar-refractivity contribution in [2.75, 3.05) is 53.0 Å². The first-order valence-electron chi connectivity index (χ1n) is 10.7. The van der Waals surface area contributed by atoms with Crippen LogP contribution in [0.2, 0.25) is 0 Å². The quantitative estimate of drug-likeness (QED) is 0.812. The van der Waals surface area contributed by atoms with Gasteiger partial charge in [-0.15, -0.1) is 0 Å². The molecule has 2 aliphatic rings. The van der Waals surface area contributed by atoms with Crippen molar-refractivity contribution in [2.24, 2.45) is 0 Å². The lowest BCUT2D eigenvalue weighted by molar-refractivity contribution is 0.0179. The Balaban J connectivity index is 0. The van der Waals surface area contributed by atoms with Crippen LogP contribution in [0.25, 0.3) is 0 Å². The van der Waals surface area contributed by atoms with Crippen molar-refractivity contribution in [3.8, 4) is 0 Å². The number of rotatable bonds is 4. The van der Waals surface area contributed by atoms with E-state index in [2.05, 4.69) is 63.6 Å². The molecule has 2 rings (SSSR count). The molecule has 0 saturated carbocycles. The van der Waals surface area contributed by atoms with Crippen LogP contribution in [0.1, 0.15) is 74.1 Å². The van der Waals surface area contributed by atoms with Gasteiger partial charge in [-0.2, -0.15) is 0 Å². The average molecular weight is 360 g/mol. The van der Waals surface area contributed by atoms with Crippen molar-refractivity contribution in [2.45, 2.75) is 86.2 Å². The second-order valence-corrected chi connectivity index (χ2v) is 7.20. The molecule has 1 atom stereocenters. The third kappa shape index (κ3) is 15.8. The Kier molecular flexibility index (Phi) is 21.8. The summed E-state index contributed by atoms with van der Waals surface area (Å²) >= 11 is 0. The van der Waals surface area contributed by atoms with Crippen molar-refractivity contribution in [3.05, 3.63) is 0 Å². The second-order valence-electron chi connectivity index (χ2n) is 7.20. The molecule has 4 nitrogen and oxygen atoms in total. The van der Waals surface area contributed by atoms with Gasteiger partial charge in [0, 0.05) is 38.3 Å². The van der Waals surface area contributed by atoms with Crippen molar-refractivity contribution in [3.63, 3.8) is 0 Å². The van der Waals surface area contributed by atoms with Crippen LogP contribution >= 0.6 is 0 Å². The van der Waals surface area contributed by atoms with Crippen LogP contribution < -0.4 is 5.32 Å². The van der Waals surface area contributed by atoms with E-state index in [0.717, 1.165) is 38.9 Å². The number of nitrogens with zero attached hydrogens (tertiary/aromatic N) is 2. The molecule has 2 aliphatic heterocycles. The van der Waals surface area contributed by atoms with Crippen LogP contribution in [0, 0.1) is 0 Å². The molecule has 0 bridgehead atoms. The Morgan fingerprint density at radius 3 is 1.80 bits per heavy atom. The van der Waals surface area contributed by atoms with Gasteiger partial charge in [-0.05, 0) is 40.3 Å². The topological polar surface area (TPSA) is 27.7 Å². The van der Waals surface area contributed by atoms with Gasteiger partial charge in [0.2, 0.25) is 0 Å². The van der Waals surface area contributed by atoms with Gasteiger partial charge >= 0.3 is 0 Å². The summed E-state index contributed by atoms with van der Waals surface area (Å²) in [6, 6.07) is 1.50. The van der Waals surface area contributed by atoms with E-state index in [-0.39, 0.29) is 0 Å². The number of hydrogen-bond acceptors (Lipinski definition) is 4. The summed E-state index contributed by atoms with van der Waals surface area (Å²) in [7, 11) is 1.96. The third-order valence-corrected chi connectivity index (χ3v) is 3.99. The van der Waals surface area contributed by atoms with Gasteiger partial charge in [0.25, 0.3) is 0 Å². The molecule has 0 aliphatic carbocycles. The molecule has 0 aromatic rings. The van der Waals surface area contributed by atoms with Gasteiger partial charge in [-0.3, -0.25) is 9.80 Å². The summed E-state index contributed by atoms with van der Waals surface area (Å²) in [6.45, 7) is 23.0. The van der Waals surface area contributed by atoms with E-state index in [4.69, 9.17) is 4.74 Å². The number of nitrogens with one attached hydrogen (secondary N) is 1. The summed E-state index contributed by atoms with van der Waals surface area (Å²) < 4.78 is 5.38. The van der Waals surface area contributed by atoms with Crippen molar-refractivity contribution >= 4 is 0 Å². The van der Waals surface area contributed by atoms with Crippen molar-refractivity contribution in [1.82, 2.24) is 15.1 Å². The van der Waals surface area contributed by atoms with E-state index in [1.165, 1.54) is 38.8 Å². The highest BCUT2D eigenvalue weighted by atomic mass is 16.5. The number of likely N-dealkylation sites (tertiary alicyclic amines) is 1. The number of morpholine rings is 1. The van der Waals surface area contributed by atoms with E-state index >= 15 is 0 Å². The van der Waals surface area contributed by atoms with Gasteiger partial charge in [-0.1, -0.05) is 47.5 Å². The highest BCUT2D eigenvalue weighted by Crippen LogP contribution is 2.18. The van der Waals surface area contributed by atoms with Crippen LogP contribution in [0.4, 0.5) is 0 Å². The van der Waals surface area contributed by atoms with E-state index in [9.17, 15) is 0 Å². The molecule has 0 amide bonds. The SMILES string of the molecule is CC(C)N1CCC(N2CCOCC2)C1.CCC.CCC.CCCNC. The fourth-order valence-corrected chi connectivity index (χ4v) is 2.73. The Morgan fingerprint density at radius 2 is 1.48 bits per heavy atom. The molecule has 1 N–H and O–H groups in total. The minimum absolute atomic E-state index is 0.709. The first kappa shape index (κ1) is 27.1. The Labute approximate surface area is 159 Å². The Bertz CT molecular complexity index is 239. The van der Waals surface area contributed by atoms with E-state index in [1.807, 2.05) is 7.05 Å². The smallest absolute Gasteiger partial charge is 0.0594 e. The van der Waals surface area contributed by atoms with Crippen LogP contribution in [-0.2, 0) is 4.74 Å². The minimum atomic E-state index is 0.709. The van der Waals surface area contributed by atoms with Crippen LogP contribution in [0.15, 0.2) is 0 Å². The molecule has 25 heavy (non-hydrogen) atoms. The fraction of sp³-hybridized carbons (Fsp3) is 1.00. The summed E-state index contributed by atoms with van der Waals surface area (Å²) in [5.74, 6) is 0. The van der Waals surface area contributed by atoms with E-state index in [0.29, 0.717) is 6.04 Å². The molecule has 2 heterocycles. The van der Waals surface area contributed by atoms with Gasteiger partial charge < -0.3 is 10.1 Å². The lowest BCUT2D eigenvalue weighted by Gasteiger charge is -2.32. The maximum absolute atomic E-state index is 5.38. The molecule has 0 radical (unpaired) electrons. The number of hydrogen-bond donors (Lipinski definition) is 1. The zero-order chi connectivity index (χ0) is 19.5. The standard InChI is InChI=1S/C11H22N2O.C4H11N.2C3H8/c1-10(2)13-4-3-11(9-13)12-5-7-14-8-6-12;1-3-4-5-2;2*1-3-2/h10-11H,3-9H2,1-2H3;5H,3-4H2,1-2H3;2*3H2,1-2H3. The average Bonchev–Trinajstić information content (AvgIpc) is 3.09. The molecular weight excluding hydrogens is 310 g/mol. The van der Waals surface area contributed by atoms with Gasteiger partial charge in [0.1, 0.15) is 0 Å². The predicted molar refractivity (Wildman–Crippen MR) is 114 cm³/mol. The third-order valence-electron chi connectivity index (χ3n) is 3.99.